The fourth-order valence-corrected chi connectivity index (χ4v) is 8.18. The van der Waals surface area contributed by atoms with Crippen LogP contribution in [0.1, 0.15) is 81.8 Å². The van der Waals surface area contributed by atoms with Gasteiger partial charge in [-0.3, -0.25) is 9.59 Å². The maximum atomic E-state index is 12.7. The average Bonchev–Trinajstić information content (AvgIpc) is 2.77. The molecular weight excluding hydrogens is 416 g/mol. The minimum Gasteiger partial charge on any atom is -0.504 e. The number of fused-ring (bicyclic) bond motifs is 7. The lowest BCUT2D eigenvalue weighted by Gasteiger charge is -2.70. The van der Waals surface area contributed by atoms with Gasteiger partial charge in [0.25, 0.3) is 0 Å². The summed E-state index contributed by atoms with van der Waals surface area (Å²) in [6, 6.07) is 1.58. The molecule has 0 radical (unpaired) electrons. The SMILES string of the molecule is C[C@@H]1C[C@@H]2[C@@](C)(CC[C@@]3(C)[C@@]2(C)CC=C2c4cc(O)c(O)c(C=O)c4C=C[C@]23C)[C@H](O)C1=O. The molecule has 0 heterocycles. The Morgan fingerprint density at radius 1 is 1.12 bits per heavy atom. The van der Waals surface area contributed by atoms with Crippen LogP contribution in [0.3, 0.4) is 0 Å². The van der Waals surface area contributed by atoms with E-state index < -0.39 is 11.5 Å². The Bertz CT molecular complexity index is 1150. The van der Waals surface area contributed by atoms with Crippen molar-refractivity contribution in [3.8, 4) is 11.5 Å². The van der Waals surface area contributed by atoms with Gasteiger partial charge >= 0.3 is 0 Å². The number of carbonyl (C=O) groups excluding carboxylic acids is 2. The summed E-state index contributed by atoms with van der Waals surface area (Å²) in [6.07, 6.45) is 9.18. The average molecular weight is 451 g/mol. The topological polar surface area (TPSA) is 94.8 Å². The van der Waals surface area contributed by atoms with Crippen molar-refractivity contribution in [2.75, 3.05) is 0 Å². The predicted molar refractivity (Wildman–Crippen MR) is 127 cm³/mol. The molecule has 0 bridgehead atoms. The lowest BCUT2D eigenvalue weighted by Crippen LogP contribution is -2.66. The Morgan fingerprint density at radius 2 is 1.82 bits per heavy atom. The number of carbonyl (C=O) groups is 2. The van der Waals surface area contributed by atoms with Gasteiger partial charge in [-0.25, -0.2) is 0 Å². The third-order valence-corrected chi connectivity index (χ3v) is 10.7. The second kappa shape index (κ2) is 6.59. The highest BCUT2D eigenvalue weighted by Crippen LogP contribution is 2.75. The number of aldehydes is 1. The summed E-state index contributed by atoms with van der Waals surface area (Å²) in [5.41, 5.74) is 1.49. The van der Waals surface area contributed by atoms with Crippen LogP contribution >= 0.6 is 0 Å². The molecule has 33 heavy (non-hydrogen) atoms. The normalized spacial score (nSPS) is 43.6. The first kappa shape index (κ1) is 22.4. The molecule has 3 N–H and O–H groups in total. The van der Waals surface area contributed by atoms with Crippen LogP contribution in [-0.2, 0) is 4.79 Å². The molecule has 0 unspecified atom stereocenters. The first-order chi connectivity index (χ1) is 15.4. The van der Waals surface area contributed by atoms with Crippen molar-refractivity contribution in [3.05, 3.63) is 34.9 Å². The maximum absolute atomic E-state index is 12.7. The Hall–Kier alpha value is -2.40. The number of hydrogen-bond acceptors (Lipinski definition) is 5. The molecule has 4 aliphatic rings. The summed E-state index contributed by atoms with van der Waals surface area (Å²) in [4.78, 5) is 24.5. The Balaban J connectivity index is 1.71. The minimum atomic E-state index is -0.927. The number of ketones is 1. The zero-order valence-corrected chi connectivity index (χ0v) is 20.1. The standard InChI is InChI=1S/C28H34O5/c1-15-12-21-25(2,24(33)22(15)31)10-11-28(5)26(3)8-6-16-17(19(26)7-9-27(21,28)4)13-20(30)23(32)18(16)14-29/h6-8,13-15,21,24,30,32-33H,9-12H2,1-5H3/t15-,21-,24-,25-,26-,27+,28-/m1/s1. The minimum absolute atomic E-state index is 0.0256. The summed E-state index contributed by atoms with van der Waals surface area (Å²) in [5.74, 6) is -0.662. The number of aliphatic hydroxyl groups excluding tert-OH is 1. The molecule has 1 aromatic rings. The number of phenolic OH excluding ortho intramolecular Hbond substituents is 2. The number of hydrogen-bond donors (Lipinski definition) is 3. The van der Waals surface area contributed by atoms with Crippen molar-refractivity contribution in [3.63, 3.8) is 0 Å². The van der Waals surface area contributed by atoms with E-state index in [0.29, 0.717) is 11.8 Å². The van der Waals surface area contributed by atoms with Gasteiger partial charge in [-0.15, -0.1) is 0 Å². The zero-order valence-electron chi connectivity index (χ0n) is 20.1. The van der Waals surface area contributed by atoms with Crippen LogP contribution in [0.5, 0.6) is 11.5 Å². The van der Waals surface area contributed by atoms with Gasteiger partial charge in [0, 0.05) is 16.7 Å². The quantitative estimate of drug-likeness (QED) is 0.407. The molecule has 0 saturated heterocycles. The van der Waals surface area contributed by atoms with Gasteiger partial charge in [-0.05, 0) is 65.2 Å². The van der Waals surface area contributed by atoms with E-state index in [1.165, 1.54) is 0 Å². The number of aromatic hydroxyl groups is 2. The number of allylic oxidation sites excluding steroid dienone is 3. The van der Waals surface area contributed by atoms with Crippen LogP contribution in [-0.4, -0.2) is 33.5 Å². The molecule has 5 heteroatoms. The molecule has 4 aliphatic carbocycles. The largest absolute Gasteiger partial charge is 0.504 e. The fraction of sp³-hybridized carbons (Fsp3) is 0.571. The Morgan fingerprint density at radius 3 is 2.48 bits per heavy atom. The molecule has 0 aromatic heterocycles. The van der Waals surface area contributed by atoms with Crippen LogP contribution in [0.4, 0.5) is 0 Å². The molecular formula is C28H34O5. The van der Waals surface area contributed by atoms with E-state index in [1.807, 2.05) is 13.0 Å². The zero-order chi connectivity index (χ0) is 24.1. The van der Waals surface area contributed by atoms with Crippen molar-refractivity contribution < 1.29 is 24.9 Å². The lowest BCUT2D eigenvalue weighted by atomic mass is 9.34. The molecule has 2 saturated carbocycles. The van der Waals surface area contributed by atoms with Crippen LogP contribution < -0.4 is 0 Å². The van der Waals surface area contributed by atoms with Crippen LogP contribution in [0.15, 0.2) is 18.2 Å². The first-order valence-corrected chi connectivity index (χ1v) is 12.0. The second-order valence-corrected chi connectivity index (χ2v) is 11.8. The van der Waals surface area contributed by atoms with Gasteiger partial charge in [-0.2, -0.15) is 0 Å². The summed E-state index contributed by atoms with van der Waals surface area (Å²) < 4.78 is 0. The molecule has 5 nitrogen and oxygen atoms in total. The van der Waals surface area contributed by atoms with Crippen molar-refractivity contribution in [1.29, 1.82) is 0 Å². The van der Waals surface area contributed by atoms with Gasteiger partial charge in [0.15, 0.2) is 23.6 Å². The van der Waals surface area contributed by atoms with Gasteiger partial charge in [0.05, 0.1) is 5.56 Å². The van der Waals surface area contributed by atoms with Crippen molar-refractivity contribution in [2.24, 2.45) is 33.5 Å². The van der Waals surface area contributed by atoms with Gasteiger partial charge in [0.1, 0.15) is 6.10 Å². The van der Waals surface area contributed by atoms with Gasteiger partial charge in [-0.1, -0.05) is 52.8 Å². The molecule has 5 rings (SSSR count). The highest BCUT2D eigenvalue weighted by atomic mass is 16.3. The molecule has 176 valence electrons. The first-order valence-electron chi connectivity index (χ1n) is 12.0. The highest BCUT2D eigenvalue weighted by Gasteiger charge is 2.69. The monoisotopic (exact) mass is 450 g/mol. The third-order valence-electron chi connectivity index (χ3n) is 10.7. The summed E-state index contributed by atoms with van der Waals surface area (Å²) in [7, 11) is 0. The van der Waals surface area contributed by atoms with Gasteiger partial charge < -0.3 is 15.3 Å². The number of benzene rings is 1. The van der Waals surface area contributed by atoms with Gasteiger partial charge in [0.2, 0.25) is 0 Å². The van der Waals surface area contributed by atoms with E-state index in [0.717, 1.165) is 36.8 Å². The van der Waals surface area contributed by atoms with Crippen molar-refractivity contribution in [2.45, 2.75) is 66.4 Å². The summed E-state index contributed by atoms with van der Waals surface area (Å²) >= 11 is 0. The third kappa shape index (κ3) is 2.42. The highest BCUT2D eigenvalue weighted by molar-refractivity contribution is 5.96. The van der Waals surface area contributed by atoms with Crippen molar-refractivity contribution in [1.82, 2.24) is 0 Å². The summed E-state index contributed by atoms with van der Waals surface area (Å²) in [5, 5.41) is 31.7. The molecule has 0 aliphatic heterocycles. The number of Topliss-reactive ketones (excluding diaryl/α,β-unsaturated/α-hetero) is 1. The second-order valence-electron chi connectivity index (χ2n) is 11.8. The van der Waals surface area contributed by atoms with E-state index in [2.05, 4.69) is 39.8 Å². The van der Waals surface area contributed by atoms with Crippen LogP contribution in [0.2, 0.25) is 0 Å². The summed E-state index contributed by atoms with van der Waals surface area (Å²) in [6.45, 7) is 10.9. The lowest BCUT2D eigenvalue weighted by molar-refractivity contribution is -0.202. The fourth-order valence-electron chi connectivity index (χ4n) is 8.18. The van der Waals surface area contributed by atoms with E-state index in [9.17, 15) is 24.9 Å². The Labute approximate surface area is 195 Å². The van der Waals surface area contributed by atoms with E-state index in [1.54, 1.807) is 6.07 Å². The van der Waals surface area contributed by atoms with E-state index in [4.69, 9.17) is 0 Å². The predicted octanol–water partition coefficient (Wildman–Crippen LogP) is 5.13. The smallest absolute Gasteiger partial charge is 0.168 e. The molecule has 7 atom stereocenters. The Kier molecular flexibility index (Phi) is 4.47. The number of rotatable bonds is 1. The van der Waals surface area contributed by atoms with Crippen molar-refractivity contribution >= 4 is 23.7 Å². The van der Waals surface area contributed by atoms with E-state index in [-0.39, 0.29) is 50.9 Å². The number of aliphatic hydroxyl groups is 1. The number of phenols is 2. The van der Waals surface area contributed by atoms with Crippen LogP contribution in [0.25, 0.3) is 11.6 Å². The molecule has 1 aromatic carbocycles. The molecule has 0 amide bonds. The van der Waals surface area contributed by atoms with E-state index >= 15 is 0 Å². The van der Waals surface area contributed by atoms with Crippen LogP contribution in [0, 0.1) is 33.5 Å². The molecule has 2 fully saturated rings. The maximum Gasteiger partial charge on any atom is 0.168 e. The molecule has 0 spiro atoms.